The van der Waals surface area contributed by atoms with Crippen molar-refractivity contribution in [3.63, 3.8) is 0 Å². The molecule has 1 aliphatic rings. The second-order valence-electron chi connectivity index (χ2n) is 8.73. The highest BCUT2D eigenvalue weighted by Gasteiger charge is 2.49. The first kappa shape index (κ1) is 28.3. The molecule has 0 bridgehead atoms. The lowest BCUT2D eigenvalue weighted by molar-refractivity contribution is -0.141. The fraction of sp³-hybridized carbons (Fsp3) is 0.381. The molecule has 1 aromatic heterocycles. The molecule has 0 saturated carbocycles. The molecular weight excluding hydrogens is 552 g/mol. The van der Waals surface area contributed by atoms with Gasteiger partial charge in [-0.1, -0.05) is 11.6 Å². The van der Waals surface area contributed by atoms with Gasteiger partial charge in [0.1, 0.15) is 28.3 Å². The van der Waals surface area contributed by atoms with Crippen LogP contribution >= 0.6 is 23.2 Å². The van der Waals surface area contributed by atoms with Gasteiger partial charge in [0, 0.05) is 13.1 Å². The number of anilines is 2. The van der Waals surface area contributed by atoms with Gasteiger partial charge in [-0.2, -0.15) is 13.2 Å². The number of hydrogen-bond donors (Lipinski definition) is 0. The molecule has 16 heteroatoms. The molecule has 0 radical (unpaired) electrons. The number of alkyl halides is 3. The molecule has 0 N–H and O–H groups in total. The summed E-state index contributed by atoms with van der Waals surface area (Å²) in [5, 5.41) is -1.81. The number of likely N-dealkylation sites (N-methyl/N-ethyl adjacent to an activating group) is 1. The van der Waals surface area contributed by atoms with Crippen molar-refractivity contribution in [1.82, 2.24) is 14.9 Å². The Morgan fingerprint density at radius 2 is 1.76 bits per heavy atom. The largest absolute Gasteiger partial charge is 0.443 e. The zero-order chi connectivity index (χ0) is 28.0. The standard InChI is InChI=1S/C21H18Cl2F5N5O4/c1-20(2,3)37-19(36)32-8-11(16(34)31(4)10-6-5-9(24)14(22)15(10)25)33(18(32)35)13-7-12(21(26,27)28)29-17(23)30-13/h5-7,11H,8H2,1-4H3/t11-/m0/s1. The van der Waals surface area contributed by atoms with Crippen molar-refractivity contribution in [3.8, 4) is 0 Å². The topological polar surface area (TPSA) is 95.9 Å². The highest BCUT2D eigenvalue weighted by molar-refractivity contribution is 6.31. The Morgan fingerprint density at radius 3 is 2.32 bits per heavy atom. The van der Waals surface area contributed by atoms with Crippen molar-refractivity contribution < 1.29 is 41.1 Å². The first-order chi connectivity index (χ1) is 16.9. The smallest absolute Gasteiger partial charge is 0.433 e. The molecule has 200 valence electrons. The third-order valence-electron chi connectivity index (χ3n) is 4.93. The van der Waals surface area contributed by atoms with Crippen molar-refractivity contribution >= 4 is 52.7 Å². The van der Waals surface area contributed by atoms with Gasteiger partial charge >= 0.3 is 18.3 Å². The minimum Gasteiger partial charge on any atom is -0.443 e. The third-order valence-corrected chi connectivity index (χ3v) is 5.45. The van der Waals surface area contributed by atoms with Gasteiger partial charge < -0.3 is 9.64 Å². The van der Waals surface area contributed by atoms with E-state index in [1.165, 1.54) is 20.8 Å². The van der Waals surface area contributed by atoms with Crippen molar-refractivity contribution in [2.75, 3.05) is 23.4 Å². The van der Waals surface area contributed by atoms with Crippen LogP contribution in [0.3, 0.4) is 0 Å². The lowest BCUT2D eigenvalue weighted by atomic mass is 10.2. The fourth-order valence-corrected chi connectivity index (χ4v) is 3.64. The van der Waals surface area contributed by atoms with Crippen molar-refractivity contribution in [1.29, 1.82) is 0 Å². The van der Waals surface area contributed by atoms with E-state index in [0.29, 0.717) is 20.8 Å². The van der Waals surface area contributed by atoms with Crippen LogP contribution in [0.25, 0.3) is 0 Å². The average molecular weight is 570 g/mol. The zero-order valence-corrected chi connectivity index (χ0v) is 21.0. The summed E-state index contributed by atoms with van der Waals surface area (Å²) in [5.41, 5.74) is -3.10. The minimum atomic E-state index is -5.00. The predicted octanol–water partition coefficient (Wildman–Crippen LogP) is 5.29. The molecule has 0 unspecified atom stereocenters. The van der Waals surface area contributed by atoms with Crippen LogP contribution < -0.4 is 9.80 Å². The van der Waals surface area contributed by atoms with E-state index in [0.717, 1.165) is 19.2 Å². The summed E-state index contributed by atoms with van der Waals surface area (Å²) in [6.07, 6.45) is -6.20. The van der Waals surface area contributed by atoms with Crippen molar-refractivity contribution in [2.24, 2.45) is 0 Å². The van der Waals surface area contributed by atoms with Crippen LogP contribution in [0.15, 0.2) is 18.2 Å². The second kappa shape index (κ2) is 9.89. The molecular formula is C21H18Cl2F5N5O4. The Morgan fingerprint density at radius 1 is 1.14 bits per heavy atom. The normalized spacial score (nSPS) is 16.3. The number of ether oxygens (including phenoxy) is 1. The molecule has 2 aromatic rings. The summed E-state index contributed by atoms with van der Waals surface area (Å²) in [6.45, 7) is 3.79. The molecule has 3 rings (SSSR count). The summed E-state index contributed by atoms with van der Waals surface area (Å²) in [4.78, 5) is 47.6. The number of imide groups is 1. The number of rotatable bonds is 3. The summed E-state index contributed by atoms with van der Waals surface area (Å²) < 4.78 is 73.4. The van der Waals surface area contributed by atoms with E-state index in [4.69, 9.17) is 27.9 Å². The number of amides is 4. The number of aromatic nitrogens is 2. The maximum atomic E-state index is 14.6. The number of nitrogens with zero attached hydrogens (tertiary/aromatic N) is 5. The van der Waals surface area contributed by atoms with Crippen LogP contribution in [-0.2, 0) is 15.7 Å². The number of hydrogen-bond acceptors (Lipinski definition) is 6. The predicted molar refractivity (Wildman–Crippen MR) is 121 cm³/mol. The van der Waals surface area contributed by atoms with Gasteiger partial charge in [0.25, 0.3) is 5.91 Å². The molecule has 2 heterocycles. The van der Waals surface area contributed by atoms with Gasteiger partial charge in [-0.05, 0) is 44.5 Å². The number of carbonyl (C=O) groups is 3. The van der Waals surface area contributed by atoms with E-state index in [2.05, 4.69) is 9.97 Å². The first-order valence-corrected chi connectivity index (χ1v) is 11.0. The lowest BCUT2D eigenvalue weighted by Crippen LogP contribution is -2.47. The Labute approximate surface area is 216 Å². The maximum absolute atomic E-state index is 14.6. The van der Waals surface area contributed by atoms with Crippen molar-refractivity contribution in [2.45, 2.75) is 38.6 Å². The van der Waals surface area contributed by atoms with E-state index < -0.39 is 81.5 Å². The third kappa shape index (κ3) is 5.85. The molecule has 1 aliphatic heterocycles. The van der Waals surface area contributed by atoms with Crippen LogP contribution in [0.5, 0.6) is 0 Å². The summed E-state index contributed by atoms with van der Waals surface area (Å²) in [5.74, 6) is -4.24. The van der Waals surface area contributed by atoms with E-state index >= 15 is 0 Å². The molecule has 4 amide bonds. The summed E-state index contributed by atoms with van der Waals surface area (Å²) in [6, 6.07) is -0.945. The van der Waals surface area contributed by atoms with E-state index in [1.807, 2.05) is 0 Å². The Kier molecular flexibility index (Phi) is 7.57. The molecule has 9 nitrogen and oxygen atoms in total. The van der Waals surface area contributed by atoms with Crippen LogP contribution in [-0.4, -0.2) is 58.1 Å². The SMILES string of the molecule is CN(C(=O)[C@@H]1CN(C(=O)OC(C)(C)C)C(=O)N1c1cc(C(F)(F)F)nc(Cl)n1)c1ccc(F)c(Cl)c1F. The van der Waals surface area contributed by atoms with Gasteiger partial charge in [0.2, 0.25) is 5.28 Å². The van der Waals surface area contributed by atoms with E-state index in [1.54, 1.807) is 0 Å². The number of halogens is 7. The quantitative estimate of drug-likeness (QED) is 0.283. The molecule has 0 aliphatic carbocycles. The molecule has 1 aromatic carbocycles. The Balaban J connectivity index is 2.10. The van der Waals surface area contributed by atoms with Crippen LogP contribution in [0.2, 0.25) is 10.3 Å². The summed E-state index contributed by atoms with van der Waals surface area (Å²) >= 11 is 11.2. The van der Waals surface area contributed by atoms with Gasteiger partial charge in [-0.3, -0.25) is 9.69 Å². The Hall–Kier alpha value is -3.26. The van der Waals surface area contributed by atoms with Gasteiger partial charge in [-0.25, -0.2) is 33.2 Å². The second-order valence-corrected chi connectivity index (χ2v) is 9.45. The minimum absolute atomic E-state index is 0.359. The molecule has 1 saturated heterocycles. The average Bonchev–Trinajstić information content (AvgIpc) is 3.11. The van der Waals surface area contributed by atoms with E-state index in [9.17, 15) is 36.3 Å². The molecule has 1 fully saturated rings. The highest BCUT2D eigenvalue weighted by atomic mass is 35.5. The fourth-order valence-electron chi connectivity index (χ4n) is 3.30. The maximum Gasteiger partial charge on any atom is 0.433 e. The number of benzene rings is 1. The van der Waals surface area contributed by atoms with Crippen LogP contribution in [0.4, 0.5) is 43.0 Å². The van der Waals surface area contributed by atoms with Crippen LogP contribution in [0.1, 0.15) is 26.5 Å². The number of urea groups is 1. The van der Waals surface area contributed by atoms with Gasteiger partial charge in [0.15, 0.2) is 11.5 Å². The molecule has 1 atom stereocenters. The van der Waals surface area contributed by atoms with E-state index in [-0.39, 0.29) is 0 Å². The van der Waals surface area contributed by atoms with Gasteiger partial charge in [-0.15, -0.1) is 0 Å². The lowest BCUT2D eigenvalue weighted by Gasteiger charge is -2.26. The first-order valence-electron chi connectivity index (χ1n) is 10.3. The van der Waals surface area contributed by atoms with Crippen LogP contribution in [0, 0.1) is 11.6 Å². The van der Waals surface area contributed by atoms with Gasteiger partial charge in [0.05, 0.1) is 12.2 Å². The monoisotopic (exact) mass is 569 g/mol. The summed E-state index contributed by atoms with van der Waals surface area (Å²) in [7, 11) is 1.06. The highest BCUT2D eigenvalue weighted by Crippen LogP contribution is 2.34. The molecule has 0 spiro atoms. The molecule has 37 heavy (non-hydrogen) atoms. The van der Waals surface area contributed by atoms with Crippen molar-refractivity contribution in [3.05, 3.63) is 45.8 Å². The Bertz CT molecular complexity index is 1270. The zero-order valence-electron chi connectivity index (χ0n) is 19.5. The number of carbonyl (C=O) groups excluding carboxylic acids is 3.